The molecule has 4 rings (SSSR count). The van der Waals surface area contributed by atoms with E-state index in [1.54, 1.807) is 60.9 Å². The number of nitrogens with one attached hydrogen (secondary N) is 2. The maximum atomic E-state index is 14.3. The molecule has 0 bridgehead atoms. The lowest BCUT2D eigenvalue weighted by atomic mass is 10.1. The van der Waals surface area contributed by atoms with Gasteiger partial charge in [0.1, 0.15) is 23.0 Å². The van der Waals surface area contributed by atoms with Crippen LogP contribution in [0.3, 0.4) is 0 Å². The zero-order chi connectivity index (χ0) is 24.8. The number of carbonyl (C=O) groups excluding carboxylic acids is 1. The molecule has 8 nitrogen and oxygen atoms in total. The second kappa shape index (κ2) is 10.5. The third-order valence-corrected chi connectivity index (χ3v) is 5.32. The van der Waals surface area contributed by atoms with Gasteiger partial charge in [0.15, 0.2) is 0 Å². The third kappa shape index (κ3) is 5.64. The molecule has 2 heterocycles. The van der Waals surface area contributed by atoms with Crippen molar-refractivity contribution in [3.63, 3.8) is 0 Å². The Morgan fingerprint density at radius 1 is 1.03 bits per heavy atom. The molecule has 0 spiro atoms. The smallest absolute Gasteiger partial charge is 0.269 e. The topological polar surface area (TPSA) is 105 Å². The number of halogens is 1. The first-order chi connectivity index (χ1) is 16.9. The largest absolute Gasteiger partial charge is 0.457 e. The predicted molar refractivity (Wildman–Crippen MR) is 135 cm³/mol. The molecule has 0 aliphatic rings. The Balaban J connectivity index is 1.43. The fraction of sp³-hybridized carbons (Fsp3) is 0.115. The van der Waals surface area contributed by atoms with Gasteiger partial charge in [-0.1, -0.05) is 0 Å². The molecule has 2 aromatic carbocycles. The molecule has 0 saturated carbocycles. The van der Waals surface area contributed by atoms with Crippen LogP contribution >= 0.6 is 0 Å². The average molecular weight is 473 g/mol. The first kappa shape index (κ1) is 23.5. The molecule has 9 heteroatoms. The van der Waals surface area contributed by atoms with E-state index in [1.165, 1.54) is 19.3 Å². The molecule has 0 unspecified atom stereocenters. The molecule has 0 radical (unpaired) electrons. The summed E-state index contributed by atoms with van der Waals surface area (Å²) in [6.45, 7) is 0.436. The minimum Gasteiger partial charge on any atom is -0.457 e. The fourth-order valence-corrected chi connectivity index (χ4v) is 3.49. The molecule has 0 fully saturated rings. The number of ether oxygens (including phenoxy) is 1. The van der Waals surface area contributed by atoms with Crippen molar-refractivity contribution in [1.82, 2.24) is 15.3 Å². The van der Waals surface area contributed by atoms with Crippen molar-refractivity contribution in [3.8, 4) is 22.6 Å². The van der Waals surface area contributed by atoms with E-state index in [4.69, 9.17) is 10.5 Å². The SMILES string of the molecule is CNC(=O)c1cc(Oc2ccc(N(C)CNc3ccc(F)c(-c4ccncc4)c3)c(N)c2)ccn1. The molecule has 4 N–H and O–H groups in total. The van der Waals surface area contributed by atoms with Crippen molar-refractivity contribution in [2.75, 3.05) is 36.7 Å². The summed E-state index contributed by atoms with van der Waals surface area (Å²) in [5.74, 6) is 0.407. The normalized spacial score (nSPS) is 10.5. The summed E-state index contributed by atoms with van der Waals surface area (Å²) in [6, 6.07) is 17.0. The van der Waals surface area contributed by atoms with Crippen LogP contribution in [-0.4, -0.2) is 36.6 Å². The third-order valence-electron chi connectivity index (χ3n) is 5.32. The summed E-state index contributed by atoms with van der Waals surface area (Å²) < 4.78 is 20.2. The van der Waals surface area contributed by atoms with Crippen molar-refractivity contribution in [2.24, 2.45) is 0 Å². The highest BCUT2D eigenvalue weighted by atomic mass is 19.1. The standard InChI is InChI=1S/C26H25FN6O2/c1-29-26(34)24-15-20(9-12-31-24)35-19-4-6-25(23(28)14-19)33(2)16-32-18-3-5-22(27)21(13-18)17-7-10-30-11-8-17/h3-15,32H,16,28H2,1-2H3,(H,29,34). The molecule has 0 aliphatic heterocycles. The minimum atomic E-state index is -0.299. The highest BCUT2D eigenvalue weighted by molar-refractivity contribution is 5.92. The average Bonchev–Trinajstić information content (AvgIpc) is 2.88. The van der Waals surface area contributed by atoms with Gasteiger partial charge in [0, 0.05) is 56.1 Å². The van der Waals surface area contributed by atoms with Crippen LogP contribution < -0.4 is 26.0 Å². The van der Waals surface area contributed by atoms with E-state index >= 15 is 0 Å². The number of hydrogen-bond donors (Lipinski definition) is 3. The number of nitrogens with two attached hydrogens (primary N) is 1. The van der Waals surface area contributed by atoms with Crippen LogP contribution in [0.1, 0.15) is 10.5 Å². The quantitative estimate of drug-likeness (QED) is 0.256. The van der Waals surface area contributed by atoms with Crippen molar-refractivity contribution in [1.29, 1.82) is 0 Å². The zero-order valence-electron chi connectivity index (χ0n) is 19.3. The lowest BCUT2D eigenvalue weighted by Crippen LogP contribution is -2.25. The first-order valence-corrected chi connectivity index (χ1v) is 10.8. The molecule has 0 saturated heterocycles. The molecule has 4 aromatic rings. The number of benzene rings is 2. The van der Waals surface area contributed by atoms with Gasteiger partial charge < -0.3 is 26.0 Å². The monoisotopic (exact) mass is 472 g/mol. The maximum absolute atomic E-state index is 14.3. The summed E-state index contributed by atoms with van der Waals surface area (Å²) in [5.41, 5.74) is 9.88. The van der Waals surface area contributed by atoms with Crippen LogP contribution in [0.2, 0.25) is 0 Å². The van der Waals surface area contributed by atoms with E-state index in [9.17, 15) is 9.18 Å². The minimum absolute atomic E-state index is 0.258. The highest BCUT2D eigenvalue weighted by Crippen LogP contribution is 2.30. The van der Waals surface area contributed by atoms with E-state index in [0.717, 1.165) is 16.9 Å². The first-order valence-electron chi connectivity index (χ1n) is 10.8. The van der Waals surface area contributed by atoms with Crippen molar-refractivity contribution in [3.05, 3.63) is 90.8 Å². The van der Waals surface area contributed by atoms with Crippen LogP contribution in [0.4, 0.5) is 21.5 Å². The maximum Gasteiger partial charge on any atom is 0.269 e. The molecule has 178 valence electrons. The second-order valence-electron chi connectivity index (χ2n) is 7.74. The van der Waals surface area contributed by atoms with Gasteiger partial charge in [0.25, 0.3) is 5.91 Å². The molecular formula is C26H25FN6O2. The number of hydrogen-bond acceptors (Lipinski definition) is 7. The van der Waals surface area contributed by atoms with Gasteiger partial charge in [-0.2, -0.15) is 0 Å². The van der Waals surface area contributed by atoms with Gasteiger partial charge in [-0.15, -0.1) is 0 Å². The summed E-state index contributed by atoms with van der Waals surface area (Å²) in [5, 5.41) is 5.83. The fourth-order valence-electron chi connectivity index (χ4n) is 3.49. The van der Waals surface area contributed by atoms with Crippen LogP contribution in [0, 0.1) is 5.82 Å². The summed E-state index contributed by atoms with van der Waals surface area (Å²) >= 11 is 0. The molecule has 2 aromatic heterocycles. The number of pyridine rings is 2. The molecule has 35 heavy (non-hydrogen) atoms. The van der Waals surface area contributed by atoms with Crippen molar-refractivity contribution < 1.29 is 13.9 Å². The van der Waals surface area contributed by atoms with Gasteiger partial charge in [0.05, 0.1) is 18.0 Å². The Kier molecular flexibility index (Phi) is 7.06. The number of aromatic nitrogens is 2. The van der Waals surface area contributed by atoms with E-state index < -0.39 is 0 Å². The summed E-state index contributed by atoms with van der Waals surface area (Å²) in [4.78, 5) is 21.7. The summed E-state index contributed by atoms with van der Waals surface area (Å²) in [7, 11) is 3.43. The van der Waals surface area contributed by atoms with Crippen LogP contribution in [0.25, 0.3) is 11.1 Å². The molecule has 1 amide bonds. The number of rotatable bonds is 8. The molecule has 0 atom stereocenters. The molecular weight excluding hydrogens is 447 g/mol. The number of nitrogen functional groups attached to an aromatic ring is 1. The van der Waals surface area contributed by atoms with Gasteiger partial charge in [-0.25, -0.2) is 4.39 Å². The van der Waals surface area contributed by atoms with E-state index in [1.807, 2.05) is 18.0 Å². The van der Waals surface area contributed by atoms with Crippen LogP contribution in [0.15, 0.2) is 79.3 Å². The van der Waals surface area contributed by atoms with Gasteiger partial charge >= 0.3 is 0 Å². The lowest BCUT2D eigenvalue weighted by Gasteiger charge is -2.23. The Bertz CT molecular complexity index is 1330. The Morgan fingerprint density at radius 3 is 2.54 bits per heavy atom. The zero-order valence-corrected chi connectivity index (χ0v) is 19.3. The van der Waals surface area contributed by atoms with Crippen molar-refractivity contribution >= 4 is 23.0 Å². The summed E-state index contributed by atoms with van der Waals surface area (Å²) in [6.07, 6.45) is 4.77. The lowest BCUT2D eigenvalue weighted by molar-refractivity contribution is 0.0958. The van der Waals surface area contributed by atoms with E-state index in [0.29, 0.717) is 29.4 Å². The number of amides is 1. The van der Waals surface area contributed by atoms with Gasteiger partial charge in [0.2, 0.25) is 0 Å². The number of carbonyl (C=O) groups is 1. The highest BCUT2D eigenvalue weighted by Gasteiger charge is 2.11. The predicted octanol–water partition coefficient (Wildman–Crippen LogP) is 4.52. The van der Waals surface area contributed by atoms with Gasteiger partial charge in [-0.3, -0.25) is 14.8 Å². The van der Waals surface area contributed by atoms with E-state index in [2.05, 4.69) is 20.6 Å². The number of nitrogens with zero attached hydrogens (tertiary/aromatic N) is 3. The molecule has 0 aliphatic carbocycles. The van der Waals surface area contributed by atoms with Gasteiger partial charge in [-0.05, 0) is 54.1 Å². The van der Waals surface area contributed by atoms with E-state index in [-0.39, 0.29) is 17.4 Å². The second-order valence-corrected chi connectivity index (χ2v) is 7.74. The van der Waals surface area contributed by atoms with Crippen LogP contribution in [0.5, 0.6) is 11.5 Å². The van der Waals surface area contributed by atoms with Crippen molar-refractivity contribution in [2.45, 2.75) is 0 Å². The Labute approximate surface area is 202 Å². The Hall–Kier alpha value is -4.66. The Morgan fingerprint density at radius 2 is 1.80 bits per heavy atom. The number of anilines is 3. The van der Waals surface area contributed by atoms with Crippen LogP contribution in [-0.2, 0) is 0 Å².